The van der Waals surface area contributed by atoms with Crippen molar-refractivity contribution in [3.63, 3.8) is 0 Å². The highest BCUT2D eigenvalue weighted by Gasteiger charge is 2.33. The number of hydrogen-bond donors (Lipinski definition) is 1. The lowest BCUT2D eigenvalue weighted by molar-refractivity contribution is -0.120. The minimum Gasteiger partial charge on any atom is -0.444 e. The summed E-state index contributed by atoms with van der Waals surface area (Å²) in [4.78, 5) is 25.9. The fourth-order valence-corrected chi connectivity index (χ4v) is 2.25. The number of ether oxygens (including phenoxy) is 1. The maximum Gasteiger partial charge on any atom is 0.411 e. The highest BCUT2D eigenvalue weighted by atomic mass is 35.5. The van der Waals surface area contributed by atoms with Crippen LogP contribution in [0.1, 0.15) is 33.3 Å². The van der Waals surface area contributed by atoms with Crippen LogP contribution in [0.5, 0.6) is 0 Å². The van der Waals surface area contributed by atoms with Crippen molar-refractivity contribution < 1.29 is 14.3 Å². The second-order valence-corrected chi connectivity index (χ2v) is 6.51. The van der Waals surface area contributed by atoms with Crippen LogP contribution in [-0.2, 0) is 16.1 Å². The molecule has 0 aliphatic carbocycles. The molecule has 114 valence electrons. The van der Waals surface area contributed by atoms with Gasteiger partial charge in [0.1, 0.15) is 11.6 Å². The van der Waals surface area contributed by atoms with Crippen LogP contribution in [0.2, 0.25) is 5.02 Å². The minimum atomic E-state index is -0.619. The molecule has 0 spiro atoms. The van der Waals surface area contributed by atoms with E-state index < -0.39 is 17.7 Å². The molecular formula is C15H19ClN2O3. The topological polar surface area (TPSA) is 58.6 Å². The number of benzene rings is 1. The lowest BCUT2D eigenvalue weighted by Crippen LogP contribution is -2.45. The van der Waals surface area contributed by atoms with Gasteiger partial charge in [-0.05, 0) is 51.5 Å². The third-order valence-corrected chi connectivity index (χ3v) is 3.38. The first-order chi connectivity index (χ1) is 9.67. The number of nitrogens with one attached hydrogen (secondary N) is 1. The smallest absolute Gasteiger partial charge is 0.411 e. The molecule has 0 saturated carbocycles. The Morgan fingerprint density at radius 3 is 2.71 bits per heavy atom. The Hall–Kier alpha value is -1.75. The molecule has 1 aromatic carbocycles. The van der Waals surface area contributed by atoms with E-state index in [1.807, 2.05) is 0 Å². The first kappa shape index (κ1) is 15.6. The van der Waals surface area contributed by atoms with Gasteiger partial charge in [0.15, 0.2) is 0 Å². The molecule has 1 N–H and O–H groups in total. The van der Waals surface area contributed by atoms with Gasteiger partial charge >= 0.3 is 6.09 Å². The lowest BCUT2D eigenvalue weighted by atomic mass is 10.1. The van der Waals surface area contributed by atoms with E-state index in [9.17, 15) is 9.59 Å². The molecule has 0 aromatic heterocycles. The number of nitrogens with zero attached hydrogens (tertiary/aromatic N) is 1. The van der Waals surface area contributed by atoms with E-state index in [1.54, 1.807) is 45.9 Å². The third kappa shape index (κ3) is 3.67. The first-order valence-corrected chi connectivity index (χ1v) is 7.14. The van der Waals surface area contributed by atoms with E-state index in [0.29, 0.717) is 10.7 Å². The minimum absolute atomic E-state index is 0.248. The van der Waals surface area contributed by atoms with Crippen molar-refractivity contribution in [2.75, 3.05) is 5.32 Å². The zero-order valence-corrected chi connectivity index (χ0v) is 13.3. The summed E-state index contributed by atoms with van der Waals surface area (Å²) in [7, 11) is 0. The standard InChI is InChI=1S/C15H19ClN2O3/c1-9-13(19)17-12-6-5-11(16)7-10(12)8-18(9)14(20)21-15(2,3)4/h5-7,9H,8H2,1-4H3,(H,17,19). The molecule has 5 nitrogen and oxygen atoms in total. The largest absolute Gasteiger partial charge is 0.444 e. The number of amides is 2. The Labute approximate surface area is 129 Å². The maximum absolute atomic E-state index is 12.3. The average molecular weight is 311 g/mol. The molecule has 6 heteroatoms. The molecular weight excluding hydrogens is 292 g/mol. The number of anilines is 1. The molecule has 1 heterocycles. The van der Waals surface area contributed by atoms with Crippen LogP contribution in [0, 0.1) is 0 Å². The SMILES string of the molecule is CC1C(=O)Nc2ccc(Cl)cc2CN1C(=O)OC(C)(C)C. The zero-order chi connectivity index (χ0) is 15.8. The summed E-state index contributed by atoms with van der Waals surface area (Å²) >= 11 is 5.99. The molecule has 0 bridgehead atoms. The normalized spacial score (nSPS) is 18.6. The van der Waals surface area contributed by atoms with Crippen molar-refractivity contribution >= 4 is 29.3 Å². The van der Waals surface area contributed by atoms with Crippen molar-refractivity contribution in [1.29, 1.82) is 0 Å². The third-order valence-electron chi connectivity index (χ3n) is 3.14. The molecule has 0 radical (unpaired) electrons. The number of fused-ring (bicyclic) bond motifs is 1. The quantitative estimate of drug-likeness (QED) is 0.799. The van der Waals surface area contributed by atoms with Gasteiger partial charge in [0, 0.05) is 10.7 Å². The van der Waals surface area contributed by atoms with Crippen LogP contribution in [0.4, 0.5) is 10.5 Å². The summed E-state index contributed by atoms with van der Waals surface area (Å²) < 4.78 is 5.37. The second kappa shape index (κ2) is 5.56. The molecule has 2 rings (SSSR count). The van der Waals surface area contributed by atoms with Crippen molar-refractivity contribution in [1.82, 2.24) is 4.90 Å². The predicted octanol–water partition coefficient (Wildman–Crippen LogP) is 3.42. The van der Waals surface area contributed by atoms with Crippen LogP contribution in [-0.4, -0.2) is 28.5 Å². The fourth-order valence-electron chi connectivity index (χ4n) is 2.06. The fraction of sp³-hybridized carbons (Fsp3) is 0.467. The Kier molecular flexibility index (Phi) is 4.14. The zero-order valence-electron chi connectivity index (χ0n) is 12.6. The molecule has 1 unspecified atom stereocenters. The highest BCUT2D eigenvalue weighted by Crippen LogP contribution is 2.27. The summed E-state index contributed by atoms with van der Waals surface area (Å²) in [5, 5.41) is 3.36. The van der Waals surface area contributed by atoms with E-state index in [0.717, 1.165) is 5.56 Å². The van der Waals surface area contributed by atoms with Crippen molar-refractivity contribution in [2.45, 2.75) is 45.9 Å². The van der Waals surface area contributed by atoms with Crippen LogP contribution in [0.25, 0.3) is 0 Å². The Bertz CT molecular complexity index is 581. The maximum atomic E-state index is 12.3. The molecule has 0 saturated heterocycles. The van der Waals surface area contributed by atoms with E-state index in [2.05, 4.69) is 5.32 Å². The first-order valence-electron chi connectivity index (χ1n) is 6.76. The molecule has 1 aromatic rings. The summed E-state index contributed by atoms with van der Waals surface area (Å²) in [5.41, 5.74) is 0.838. The van der Waals surface area contributed by atoms with E-state index in [-0.39, 0.29) is 12.5 Å². The van der Waals surface area contributed by atoms with E-state index >= 15 is 0 Å². The molecule has 1 atom stereocenters. The van der Waals surface area contributed by atoms with Crippen LogP contribution in [0.3, 0.4) is 0 Å². The predicted molar refractivity (Wildman–Crippen MR) is 81.3 cm³/mol. The van der Waals surface area contributed by atoms with Gasteiger partial charge < -0.3 is 10.1 Å². The van der Waals surface area contributed by atoms with Crippen molar-refractivity contribution in [2.24, 2.45) is 0 Å². The van der Waals surface area contributed by atoms with Gasteiger partial charge in [0.25, 0.3) is 0 Å². The molecule has 2 amide bonds. The molecule has 1 aliphatic rings. The summed E-state index contributed by atoms with van der Waals surface area (Å²) in [6, 6.07) is 4.56. The van der Waals surface area contributed by atoms with Crippen LogP contribution >= 0.6 is 11.6 Å². The summed E-state index contributed by atoms with van der Waals surface area (Å²) in [6.07, 6.45) is -0.516. The van der Waals surface area contributed by atoms with Gasteiger partial charge in [0.05, 0.1) is 6.54 Å². The number of rotatable bonds is 0. The number of carbonyl (C=O) groups excluding carboxylic acids is 2. The monoisotopic (exact) mass is 310 g/mol. The summed E-state index contributed by atoms with van der Waals surface area (Å²) in [5.74, 6) is -0.248. The molecule has 0 fully saturated rings. The van der Waals surface area contributed by atoms with Crippen LogP contribution in [0.15, 0.2) is 18.2 Å². The number of halogens is 1. The Balaban J connectivity index is 2.33. The van der Waals surface area contributed by atoms with Gasteiger partial charge in [-0.2, -0.15) is 0 Å². The average Bonchev–Trinajstić information content (AvgIpc) is 2.46. The number of hydrogen-bond acceptors (Lipinski definition) is 3. The van der Waals surface area contributed by atoms with Gasteiger partial charge in [-0.15, -0.1) is 0 Å². The van der Waals surface area contributed by atoms with Gasteiger partial charge in [-0.3, -0.25) is 9.69 Å². The van der Waals surface area contributed by atoms with Crippen molar-refractivity contribution in [3.05, 3.63) is 28.8 Å². The second-order valence-electron chi connectivity index (χ2n) is 6.07. The molecule has 21 heavy (non-hydrogen) atoms. The van der Waals surface area contributed by atoms with Gasteiger partial charge in [-0.25, -0.2) is 4.79 Å². The van der Waals surface area contributed by atoms with E-state index in [1.165, 1.54) is 4.90 Å². The Morgan fingerprint density at radius 2 is 2.10 bits per heavy atom. The van der Waals surface area contributed by atoms with Gasteiger partial charge in [-0.1, -0.05) is 11.6 Å². The molecule has 1 aliphatic heterocycles. The van der Waals surface area contributed by atoms with Gasteiger partial charge in [0.2, 0.25) is 5.91 Å². The van der Waals surface area contributed by atoms with Crippen molar-refractivity contribution in [3.8, 4) is 0 Å². The number of carbonyl (C=O) groups is 2. The highest BCUT2D eigenvalue weighted by molar-refractivity contribution is 6.30. The van der Waals surface area contributed by atoms with E-state index in [4.69, 9.17) is 16.3 Å². The van der Waals surface area contributed by atoms with Crippen LogP contribution < -0.4 is 5.32 Å². The summed E-state index contributed by atoms with van der Waals surface area (Å²) in [6.45, 7) is 7.31. The Morgan fingerprint density at radius 1 is 1.43 bits per heavy atom. The lowest BCUT2D eigenvalue weighted by Gasteiger charge is -2.29.